The lowest BCUT2D eigenvalue weighted by molar-refractivity contribution is 0.108. The maximum absolute atomic E-state index is 10.1. The summed E-state index contributed by atoms with van der Waals surface area (Å²) in [5.41, 5.74) is 4.98. The minimum atomic E-state index is -1.83. The van der Waals surface area contributed by atoms with Crippen molar-refractivity contribution in [1.82, 2.24) is 4.90 Å². The number of benzene rings is 3. The Morgan fingerprint density at radius 1 is 0.829 bits per heavy atom. The second-order valence-corrected chi connectivity index (χ2v) is 15.9. The predicted octanol–water partition coefficient (Wildman–Crippen LogP) is 7.90. The van der Waals surface area contributed by atoms with E-state index in [4.69, 9.17) is 4.43 Å². The van der Waals surface area contributed by atoms with Crippen LogP contribution in [-0.2, 0) is 17.6 Å². The van der Waals surface area contributed by atoms with Crippen LogP contribution in [0.25, 0.3) is 0 Å². The lowest BCUT2D eigenvalue weighted by atomic mass is 9.96. The predicted molar refractivity (Wildman–Crippen MR) is 150 cm³/mol. The summed E-state index contributed by atoms with van der Waals surface area (Å²) in [7, 11) is -1.83. The van der Waals surface area contributed by atoms with Gasteiger partial charge < -0.3 is 9.53 Å². The third-order valence-corrected chi connectivity index (χ3v) is 12.0. The van der Waals surface area contributed by atoms with Gasteiger partial charge in [-0.3, -0.25) is 4.90 Å². The van der Waals surface area contributed by atoms with Gasteiger partial charge in [-0.1, -0.05) is 106 Å². The molecule has 3 nitrogen and oxygen atoms in total. The molecule has 0 aliphatic heterocycles. The molecule has 0 aliphatic rings. The minimum absolute atomic E-state index is 0.0863. The average Bonchev–Trinajstić information content (AvgIpc) is 2.85. The quantitative estimate of drug-likeness (QED) is 0.278. The van der Waals surface area contributed by atoms with Gasteiger partial charge in [0.05, 0.1) is 6.61 Å². The Labute approximate surface area is 213 Å². The second-order valence-electron chi connectivity index (χ2n) is 11.1. The van der Waals surface area contributed by atoms with Gasteiger partial charge in [0.15, 0.2) is 8.32 Å². The van der Waals surface area contributed by atoms with E-state index in [2.05, 4.69) is 131 Å². The van der Waals surface area contributed by atoms with E-state index in [-0.39, 0.29) is 23.7 Å². The smallest absolute Gasteiger partial charge is 0.192 e. The van der Waals surface area contributed by atoms with Crippen LogP contribution in [0.3, 0.4) is 0 Å². The number of hydrogen-bond acceptors (Lipinski definition) is 3. The minimum Gasteiger partial charge on any atom is -0.413 e. The van der Waals surface area contributed by atoms with Crippen LogP contribution in [-0.4, -0.2) is 24.9 Å². The molecule has 0 aliphatic carbocycles. The molecule has 0 spiro atoms. The third-order valence-electron chi connectivity index (χ3n) is 7.53. The summed E-state index contributed by atoms with van der Waals surface area (Å²) in [5, 5.41) is 10.3. The van der Waals surface area contributed by atoms with Crippen molar-refractivity contribution < 1.29 is 9.53 Å². The molecule has 0 saturated carbocycles. The number of aliphatic hydroxyl groups excluding tert-OH is 1. The fourth-order valence-electron chi connectivity index (χ4n) is 4.25. The van der Waals surface area contributed by atoms with Gasteiger partial charge in [0.2, 0.25) is 0 Å². The fourth-order valence-corrected chi connectivity index (χ4v) is 5.21. The summed E-state index contributed by atoms with van der Waals surface area (Å²) < 4.78 is 6.52. The van der Waals surface area contributed by atoms with Crippen molar-refractivity contribution in [3.05, 3.63) is 107 Å². The zero-order valence-electron chi connectivity index (χ0n) is 22.4. The van der Waals surface area contributed by atoms with E-state index >= 15 is 0 Å². The monoisotopic (exact) mass is 489 g/mol. The highest BCUT2D eigenvalue weighted by atomic mass is 28.4. The first-order valence-electron chi connectivity index (χ1n) is 12.8. The Kier molecular flexibility index (Phi) is 9.48. The molecule has 0 aromatic heterocycles. The van der Waals surface area contributed by atoms with Crippen LogP contribution >= 0.6 is 0 Å². The lowest BCUT2D eigenvalue weighted by Gasteiger charge is -2.38. The fraction of sp³-hybridized carbons (Fsp3) is 0.419. The molecule has 1 N–H and O–H groups in total. The highest BCUT2D eigenvalue weighted by molar-refractivity contribution is 6.74. The van der Waals surface area contributed by atoms with Crippen molar-refractivity contribution in [2.75, 3.05) is 6.61 Å². The normalized spacial score (nSPS) is 14.2. The van der Waals surface area contributed by atoms with E-state index in [1.165, 1.54) is 22.3 Å². The Balaban J connectivity index is 1.93. The van der Waals surface area contributed by atoms with E-state index in [0.717, 1.165) is 6.54 Å². The summed E-state index contributed by atoms with van der Waals surface area (Å²) in [6.45, 7) is 15.3. The summed E-state index contributed by atoms with van der Waals surface area (Å²) in [6, 6.07) is 30.4. The van der Waals surface area contributed by atoms with E-state index in [1.54, 1.807) is 0 Å². The SMILES string of the molecule is C[C@@H](c1ccccc1)N(Cc1ccccc1)C(CCO)c1cccc(CO[Si](C)(C)C(C)(C)C)c1. The molecule has 3 aromatic carbocycles. The van der Waals surface area contributed by atoms with Gasteiger partial charge in [-0.2, -0.15) is 0 Å². The molecule has 0 radical (unpaired) electrons. The average molecular weight is 490 g/mol. The number of hydrogen-bond donors (Lipinski definition) is 1. The van der Waals surface area contributed by atoms with E-state index < -0.39 is 8.32 Å². The van der Waals surface area contributed by atoms with Crippen LogP contribution < -0.4 is 0 Å². The molecular formula is C31H43NO2Si. The lowest BCUT2D eigenvalue weighted by Crippen LogP contribution is -2.40. The second kappa shape index (κ2) is 12.1. The molecule has 0 heterocycles. The Hall–Kier alpha value is -2.24. The molecule has 3 aromatic rings. The largest absolute Gasteiger partial charge is 0.413 e. The molecule has 0 amide bonds. The standard InChI is InChI=1S/C31H43NO2Si/c1-25(28-17-11-8-12-18-28)32(23-26-14-9-7-10-15-26)30(20-21-33)29-19-13-16-27(22-29)24-34-35(5,6)31(2,3)4/h7-19,22,25,30,33H,20-21,23-24H2,1-6H3/t25-,30?/m0/s1. The van der Waals surface area contributed by atoms with Gasteiger partial charge in [0.1, 0.15) is 0 Å². The summed E-state index contributed by atoms with van der Waals surface area (Å²) in [6.07, 6.45) is 0.677. The molecular weight excluding hydrogens is 446 g/mol. The highest BCUT2D eigenvalue weighted by Crippen LogP contribution is 2.38. The van der Waals surface area contributed by atoms with Crippen LogP contribution in [0, 0.1) is 0 Å². The summed E-state index contributed by atoms with van der Waals surface area (Å²) in [5.74, 6) is 0. The zero-order valence-corrected chi connectivity index (χ0v) is 23.4. The first-order valence-corrected chi connectivity index (χ1v) is 15.7. The zero-order chi connectivity index (χ0) is 25.5. The number of aliphatic hydroxyl groups is 1. The maximum Gasteiger partial charge on any atom is 0.192 e. The van der Waals surface area contributed by atoms with E-state index in [9.17, 15) is 5.11 Å². The Morgan fingerprint density at radius 3 is 2.00 bits per heavy atom. The van der Waals surface area contributed by atoms with Crippen molar-refractivity contribution in [3.8, 4) is 0 Å². The van der Waals surface area contributed by atoms with Gasteiger partial charge in [-0.25, -0.2) is 0 Å². The molecule has 0 fully saturated rings. The summed E-state index contributed by atoms with van der Waals surface area (Å²) in [4.78, 5) is 2.52. The van der Waals surface area contributed by atoms with Crippen LogP contribution in [0.15, 0.2) is 84.9 Å². The first-order chi connectivity index (χ1) is 16.6. The topological polar surface area (TPSA) is 32.7 Å². The number of nitrogens with zero attached hydrogens (tertiary/aromatic N) is 1. The van der Waals surface area contributed by atoms with Gasteiger partial charge in [-0.15, -0.1) is 0 Å². The Morgan fingerprint density at radius 2 is 1.40 bits per heavy atom. The van der Waals surface area contributed by atoms with Crippen molar-refractivity contribution in [1.29, 1.82) is 0 Å². The highest BCUT2D eigenvalue weighted by Gasteiger charge is 2.37. The van der Waals surface area contributed by atoms with Crippen molar-refractivity contribution in [2.24, 2.45) is 0 Å². The van der Waals surface area contributed by atoms with E-state index in [1.807, 2.05) is 0 Å². The van der Waals surface area contributed by atoms with Gasteiger partial charge in [-0.05, 0) is 53.7 Å². The van der Waals surface area contributed by atoms with Gasteiger partial charge in [0, 0.05) is 25.2 Å². The molecule has 0 saturated heterocycles. The first kappa shape index (κ1) is 27.3. The van der Waals surface area contributed by atoms with Crippen LogP contribution in [0.1, 0.15) is 68.5 Å². The van der Waals surface area contributed by atoms with E-state index in [0.29, 0.717) is 13.0 Å². The molecule has 0 bridgehead atoms. The summed E-state index contributed by atoms with van der Waals surface area (Å²) >= 11 is 0. The van der Waals surface area contributed by atoms with Crippen molar-refractivity contribution in [2.45, 2.75) is 77.5 Å². The Bertz CT molecular complexity index is 1030. The number of rotatable bonds is 11. The van der Waals surface area contributed by atoms with Crippen molar-refractivity contribution in [3.63, 3.8) is 0 Å². The maximum atomic E-state index is 10.1. The molecule has 188 valence electrons. The molecule has 35 heavy (non-hydrogen) atoms. The van der Waals surface area contributed by atoms with Crippen LogP contribution in [0.5, 0.6) is 0 Å². The molecule has 1 unspecified atom stereocenters. The van der Waals surface area contributed by atoms with Crippen LogP contribution in [0.2, 0.25) is 18.1 Å². The molecule has 4 heteroatoms. The van der Waals surface area contributed by atoms with Gasteiger partial charge in [0.25, 0.3) is 0 Å². The molecule has 3 rings (SSSR count). The molecule has 2 atom stereocenters. The third kappa shape index (κ3) is 7.37. The van der Waals surface area contributed by atoms with Crippen LogP contribution in [0.4, 0.5) is 0 Å². The van der Waals surface area contributed by atoms with Crippen molar-refractivity contribution >= 4 is 8.32 Å². The van der Waals surface area contributed by atoms with Gasteiger partial charge >= 0.3 is 0 Å².